The molecule has 0 aromatic carbocycles. The molecule has 2 heterocycles. The summed E-state index contributed by atoms with van der Waals surface area (Å²) >= 11 is 0. The van der Waals surface area contributed by atoms with Crippen molar-refractivity contribution in [2.45, 2.75) is 38.5 Å². The summed E-state index contributed by atoms with van der Waals surface area (Å²) in [6.45, 7) is 1.48. The van der Waals surface area contributed by atoms with E-state index in [0.29, 0.717) is 24.8 Å². The first-order valence-corrected chi connectivity index (χ1v) is 11.1. The van der Waals surface area contributed by atoms with E-state index in [1.807, 2.05) is 0 Å². The van der Waals surface area contributed by atoms with E-state index < -0.39 is 27.8 Å². The molecule has 1 aliphatic carbocycles. The SMILES string of the molecule is CO[C@@H]1CN=C(C(=CN)S(N)(=O)=NC(=O)Nc2c(C)c(C(F)(F)F)nc3c2CCC3)OC1. The number of amides is 2. The number of methoxy groups -OCH3 is 1. The number of halogens is 3. The fourth-order valence-electron chi connectivity index (χ4n) is 3.47. The van der Waals surface area contributed by atoms with Crippen molar-refractivity contribution >= 4 is 27.5 Å². The molecule has 0 saturated carbocycles. The first-order chi connectivity index (χ1) is 15.0. The number of alkyl halides is 3. The van der Waals surface area contributed by atoms with Gasteiger partial charge in [0.25, 0.3) is 0 Å². The third-order valence-corrected chi connectivity index (χ3v) is 6.42. The summed E-state index contributed by atoms with van der Waals surface area (Å²) in [6.07, 6.45) is -2.77. The number of urea groups is 1. The van der Waals surface area contributed by atoms with Gasteiger partial charge in [-0.25, -0.2) is 24.1 Å². The average molecular weight is 476 g/mol. The molecule has 32 heavy (non-hydrogen) atoms. The second-order valence-electron chi connectivity index (χ2n) is 7.17. The van der Waals surface area contributed by atoms with Gasteiger partial charge >= 0.3 is 12.2 Å². The molecule has 1 aliphatic heterocycles. The largest absolute Gasteiger partial charge is 0.474 e. The summed E-state index contributed by atoms with van der Waals surface area (Å²) in [6, 6.07) is -1.19. The number of aliphatic imine (C=N–C) groups is 1. The standard InChI is InChI=1S/C18H23F3N6O4S/c1-9-14(11-4-3-5-12(11)25-15(9)18(19,20)21)26-17(28)27-32(23,29)13(6-22)16-24-7-10(30-2)8-31-16/h6,10H,3-5,7-8,22H2,1-2H3,(H3,23,25,26,27,28,29)/t10-,32?/m1/s1. The predicted molar refractivity (Wildman–Crippen MR) is 111 cm³/mol. The Morgan fingerprint density at radius 2 is 2.12 bits per heavy atom. The number of aryl methyl sites for hydroxylation is 1. The fourth-order valence-corrected chi connectivity index (χ4v) is 4.43. The fraction of sp³-hybridized carbons (Fsp3) is 0.500. The Balaban J connectivity index is 1.93. The number of rotatable bonds is 4. The molecule has 1 aromatic heterocycles. The predicted octanol–water partition coefficient (Wildman–Crippen LogP) is 2.01. The molecular weight excluding hydrogens is 453 g/mol. The van der Waals surface area contributed by atoms with Gasteiger partial charge in [0.2, 0.25) is 5.90 Å². The summed E-state index contributed by atoms with van der Waals surface area (Å²) in [5, 5.41) is 8.05. The number of nitrogens with zero attached hydrogens (tertiary/aromatic N) is 3. The third kappa shape index (κ3) is 4.86. The van der Waals surface area contributed by atoms with Gasteiger partial charge in [-0.05, 0) is 31.7 Å². The van der Waals surface area contributed by atoms with E-state index in [1.54, 1.807) is 0 Å². The van der Waals surface area contributed by atoms with Crippen LogP contribution in [0.4, 0.5) is 23.7 Å². The Morgan fingerprint density at radius 3 is 2.69 bits per heavy atom. The van der Waals surface area contributed by atoms with E-state index in [-0.39, 0.29) is 47.0 Å². The number of anilines is 1. The number of carbonyl (C=O) groups is 1. The van der Waals surface area contributed by atoms with Crippen molar-refractivity contribution in [3.05, 3.63) is 33.6 Å². The zero-order valence-corrected chi connectivity index (χ0v) is 18.2. The highest BCUT2D eigenvalue weighted by molar-refractivity contribution is 7.96. The Bertz CT molecular complexity index is 1110. The highest BCUT2D eigenvalue weighted by atomic mass is 32.2. The van der Waals surface area contributed by atoms with Crippen molar-refractivity contribution in [1.29, 1.82) is 0 Å². The molecule has 0 spiro atoms. The summed E-state index contributed by atoms with van der Waals surface area (Å²) in [7, 11) is -2.44. The maximum Gasteiger partial charge on any atom is 0.433 e. The quantitative estimate of drug-likeness (QED) is 0.604. The monoisotopic (exact) mass is 476 g/mol. The minimum absolute atomic E-state index is 0.0590. The minimum atomic E-state index is -4.70. The van der Waals surface area contributed by atoms with E-state index in [1.165, 1.54) is 14.0 Å². The molecule has 2 atom stereocenters. The van der Waals surface area contributed by atoms with Gasteiger partial charge in [-0.2, -0.15) is 13.2 Å². The molecule has 0 fully saturated rings. The number of fused-ring (bicyclic) bond motifs is 1. The zero-order valence-electron chi connectivity index (χ0n) is 17.4. The van der Waals surface area contributed by atoms with Crippen LogP contribution in [0.15, 0.2) is 20.5 Å². The van der Waals surface area contributed by atoms with Gasteiger partial charge in [-0.15, -0.1) is 4.36 Å². The highest BCUT2D eigenvalue weighted by Crippen LogP contribution is 2.38. The number of nitrogens with two attached hydrogens (primary N) is 2. The molecule has 10 nitrogen and oxygen atoms in total. The lowest BCUT2D eigenvalue weighted by atomic mass is 10.1. The molecule has 14 heteroatoms. The van der Waals surface area contributed by atoms with Crippen LogP contribution in [-0.4, -0.2) is 47.5 Å². The number of aromatic nitrogens is 1. The van der Waals surface area contributed by atoms with Crippen LogP contribution < -0.4 is 16.2 Å². The van der Waals surface area contributed by atoms with Crippen LogP contribution in [-0.2, 0) is 38.4 Å². The van der Waals surface area contributed by atoms with Gasteiger partial charge in [0.1, 0.15) is 23.3 Å². The topological polar surface area (TPSA) is 154 Å². The van der Waals surface area contributed by atoms with Crippen molar-refractivity contribution in [2.24, 2.45) is 20.2 Å². The minimum Gasteiger partial charge on any atom is -0.474 e. The molecule has 2 aliphatic rings. The molecule has 3 rings (SSSR count). The average Bonchev–Trinajstić information content (AvgIpc) is 3.18. The van der Waals surface area contributed by atoms with Gasteiger partial charge in [0, 0.05) is 24.6 Å². The van der Waals surface area contributed by atoms with Crippen LogP contribution in [0.25, 0.3) is 0 Å². The molecule has 0 radical (unpaired) electrons. The first kappa shape index (κ1) is 23.9. The van der Waals surface area contributed by atoms with Gasteiger partial charge < -0.3 is 20.5 Å². The normalized spacial score (nSPS) is 20.6. The smallest absolute Gasteiger partial charge is 0.433 e. The number of hydrogen-bond donors (Lipinski definition) is 3. The molecule has 176 valence electrons. The summed E-state index contributed by atoms with van der Waals surface area (Å²) < 4.78 is 67.0. The van der Waals surface area contributed by atoms with Crippen LogP contribution >= 0.6 is 0 Å². The zero-order chi connectivity index (χ0) is 23.7. The Hall–Kier alpha value is -2.71. The second-order valence-corrected chi connectivity index (χ2v) is 8.93. The van der Waals surface area contributed by atoms with Crippen LogP contribution in [0.2, 0.25) is 0 Å². The molecule has 0 saturated heterocycles. The summed E-state index contributed by atoms with van der Waals surface area (Å²) in [5.41, 5.74) is 4.84. The molecule has 1 unspecified atom stereocenters. The lowest BCUT2D eigenvalue weighted by Gasteiger charge is -2.22. The first-order valence-electron chi connectivity index (χ1n) is 9.55. The number of nitrogens with one attached hydrogen (secondary N) is 1. The number of carbonyl (C=O) groups excluding carboxylic acids is 1. The lowest BCUT2D eigenvalue weighted by Crippen LogP contribution is -2.33. The van der Waals surface area contributed by atoms with Gasteiger partial charge in [-0.3, -0.25) is 0 Å². The highest BCUT2D eigenvalue weighted by Gasteiger charge is 2.38. The molecule has 0 bridgehead atoms. The van der Waals surface area contributed by atoms with E-state index >= 15 is 0 Å². The maximum absolute atomic E-state index is 13.4. The van der Waals surface area contributed by atoms with Gasteiger partial charge in [-0.1, -0.05) is 0 Å². The van der Waals surface area contributed by atoms with Crippen molar-refractivity contribution in [1.82, 2.24) is 4.98 Å². The van der Waals surface area contributed by atoms with Gasteiger partial charge in [0.15, 0.2) is 9.92 Å². The van der Waals surface area contributed by atoms with Crippen LogP contribution in [0.3, 0.4) is 0 Å². The molecule has 2 amide bonds. The Labute approximate surface area is 182 Å². The second kappa shape index (κ2) is 9.03. The van der Waals surface area contributed by atoms with E-state index in [4.69, 9.17) is 20.3 Å². The number of pyridine rings is 1. The molecule has 5 N–H and O–H groups in total. The van der Waals surface area contributed by atoms with Crippen molar-refractivity contribution in [2.75, 3.05) is 25.6 Å². The van der Waals surface area contributed by atoms with E-state index in [2.05, 4.69) is 19.7 Å². The van der Waals surface area contributed by atoms with Crippen molar-refractivity contribution in [3.63, 3.8) is 0 Å². The van der Waals surface area contributed by atoms with Crippen molar-refractivity contribution < 1.29 is 31.6 Å². The number of ether oxygens (including phenoxy) is 2. The van der Waals surface area contributed by atoms with Crippen LogP contribution in [0, 0.1) is 6.92 Å². The lowest BCUT2D eigenvalue weighted by molar-refractivity contribution is -0.141. The van der Waals surface area contributed by atoms with Crippen LogP contribution in [0.1, 0.15) is 28.9 Å². The van der Waals surface area contributed by atoms with Gasteiger partial charge in [0.05, 0.1) is 12.2 Å². The number of hydrogen-bond acceptors (Lipinski definition) is 7. The van der Waals surface area contributed by atoms with E-state index in [9.17, 15) is 22.2 Å². The van der Waals surface area contributed by atoms with E-state index in [0.717, 1.165) is 6.20 Å². The third-order valence-electron chi connectivity index (χ3n) is 5.04. The van der Waals surface area contributed by atoms with Crippen LogP contribution in [0.5, 0.6) is 0 Å². The Kier molecular flexibility index (Phi) is 6.76. The summed E-state index contributed by atoms with van der Waals surface area (Å²) in [5.74, 6) is -0.148. The maximum atomic E-state index is 13.4. The summed E-state index contributed by atoms with van der Waals surface area (Å²) in [4.78, 5) is 20.0. The molecular formula is C18H23F3N6O4S. The molecule has 1 aromatic rings. The van der Waals surface area contributed by atoms with Crippen molar-refractivity contribution in [3.8, 4) is 0 Å². The Morgan fingerprint density at radius 1 is 1.41 bits per heavy atom.